The third-order valence-electron chi connectivity index (χ3n) is 8.91. The molecular formula is C41H54O10. The lowest BCUT2D eigenvalue weighted by molar-refractivity contribution is -0.147. The second-order valence-electron chi connectivity index (χ2n) is 13.1. The van der Waals surface area contributed by atoms with E-state index in [0.29, 0.717) is 19.4 Å². The lowest BCUT2D eigenvalue weighted by Crippen LogP contribution is -2.23. The van der Waals surface area contributed by atoms with Gasteiger partial charge in [0.1, 0.15) is 36.3 Å². The molecule has 2 atom stereocenters. The number of Topliss-reactive ketones (excluding diaryl/α,β-unsaturated/α-hetero) is 2. The number of esters is 3. The van der Waals surface area contributed by atoms with Crippen LogP contribution in [0.25, 0.3) is 0 Å². The zero-order valence-corrected chi connectivity index (χ0v) is 30.6. The second-order valence-corrected chi connectivity index (χ2v) is 13.1. The average Bonchev–Trinajstić information content (AvgIpc) is 3.76. The minimum Gasteiger partial charge on any atom is -0.501 e. The van der Waals surface area contributed by atoms with Crippen molar-refractivity contribution in [1.82, 2.24) is 0 Å². The van der Waals surface area contributed by atoms with Crippen LogP contribution in [-0.2, 0) is 81.4 Å². The van der Waals surface area contributed by atoms with Crippen LogP contribution in [0.2, 0.25) is 0 Å². The first kappa shape index (κ1) is 41.1. The Bertz CT molecular complexity index is 1520. The van der Waals surface area contributed by atoms with Gasteiger partial charge in [0.15, 0.2) is 0 Å². The molecule has 1 aliphatic heterocycles. The van der Waals surface area contributed by atoms with Crippen LogP contribution in [0.3, 0.4) is 0 Å². The molecule has 0 aromatic heterocycles. The Morgan fingerprint density at radius 2 is 1.37 bits per heavy atom. The molecule has 51 heavy (non-hydrogen) atoms. The Hall–Kier alpha value is -4.31. The van der Waals surface area contributed by atoms with Crippen molar-refractivity contribution in [2.45, 2.75) is 123 Å². The molecule has 5 rings (SSSR count). The standard InChI is InChI=1S/C18H24O4.C17H20O3.C6H10O3/c1-2-22-18(21)12-17(20)11-16(19)9-7-13-6-8-14-4-3-5-15(14)10-13;1-19-16-10-15(20-17(18)11-16)8-6-12-5-7-13-3-2-4-14(13)9-12;1-3-9-6(8)4-5(2)7/h6,8,10,16,19H,2-5,7,9,11-12H2,1H3;5,7,9,11,15H,2-4,6,8,10H2,1H3;3-4H2,1-2H3. The van der Waals surface area contributed by atoms with E-state index < -0.39 is 18.0 Å². The zero-order chi connectivity index (χ0) is 37.2. The van der Waals surface area contributed by atoms with E-state index in [0.717, 1.165) is 31.4 Å². The van der Waals surface area contributed by atoms with Crippen molar-refractivity contribution in [2.75, 3.05) is 20.3 Å². The predicted octanol–water partition coefficient (Wildman–Crippen LogP) is 5.86. The molecule has 0 radical (unpaired) electrons. The quantitative estimate of drug-likeness (QED) is 0.136. The van der Waals surface area contributed by atoms with Gasteiger partial charge in [0.2, 0.25) is 0 Å². The summed E-state index contributed by atoms with van der Waals surface area (Å²) in [4.78, 5) is 54.9. The van der Waals surface area contributed by atoms with E-state index in [4.69, 9.17) is 14.2 Å². The van der Waals surface area contributed by atoms with E-state index in [2.05, 4.69) is 41.1 Å². The zero-order valence-electron chi connectivity index (χ0n) is 30.6. The normalized spacial score (nSPS) is 16.1. The first-order chi connectivity index (χ1) is 24.5. The van der Waals surface area contributed by atoms with Crippen LogP contribution in [0.15, 0.2) is 48.2 Å². The molecule has 2 unspecified atom stereocenters. The number of aryl methyl sites for hydroxylation is 6. The SMILES string of the molecule is CCOC(=O)CC(=O)CC(O)CCc1ccc2c(c1)CCC2.CCOC(=O)CC(C)=O.COC1=CC(=O)OC(CCc2ccc3c(c2)CCC3)C1. The highest BCUT2D eigenvalue weighted by molar-refractivity contribution is 5.95. The maximum Gasteiger partial charge on any atom is 0.334 e. The van der Waals surface area contributed by atoms with Crippen LogP contribution in [-0.4, -0.2) is 67.1 Å². The number of aliphatic hydroxyl groups excluding tert-OH is 1. The number of carbonyl (C=O) groups is 5. The molecule has 3 aliphatic rings. The van der Waals surface area contributed by atoms with E-state index in [1.54, 1.807) is 21.0 Å². The Kier molecular flexibility index (Phi) is 17.6. The van der Waals surface area contributed by atoms with Crippen molar-refractivity contribution in [3.8, 4) is 0 Å². The number of hydrogen-bond acceptors (Lipinski definition) is 10. The van der Waals surface area contributed by atoms with Crippen LogP contribution >= 0.6 is 0 Å². The molecule has 2 aliphatic carbocycles. The molecule has 2 aromatic carbocycles. The number of ether oxygens (including phenoxy) is 4. The van der Waals surface area contributed by atoms with Gasteiger partial charge < -0.3 is 24.1 Å². The van der Waals surface area contributed by atoms with Gasteiger partial charge in [0, 0.05) is 12.8 Å². The number of cyclic esters (lactones) is 1. The Balaban J connectivity index is 0.000000224. The summed E-state index contributed by atoms with van der Waals surface area (Å²) in [7, 11) is 1.60. The molecule has 10 nitrogen and oxygen atoms in total. The number of methoxy groups -OCH3 is 1. The number of rotatable bonds is 15. The van der Waals surface area contributed by atoms with E-state index in [1.165, 1.54) is 78.5 Å². The van der Waals surface area contributed by atoms with Crippen molar-refractivity contribution >= 4 is 29.5 Å². The molecule has 278 valence electrons. The van der Waals surface area contributed by atoms with E-state index in [9.17, 15) is 29.1 Å². The minimum absolute atomic E-state index is 0.0176. The highest BCUT2D eigenvalue weighted by atomic mass is 16.6. The first-order valence-electron chi connectivity index (χ1n) is 18.2. The fourth-order valence-electron chi connectivity index (χ4n) is 6.41. The molecule has 0 amide bonds. The average molecular weight is 707 g/mol. The maximum atomic E-state index is 11.6. The monoisotopic (exact) mass is 706 g/mol. The van der Waals surface area contributed by atoms with Gasteiger partial charge in [0.05, 0.1) is 32.5 Å². The highest BCUT2D eigenvalue weighted by Crippen LogP contribution is 2.26. The summed E-state index contributed by atoms with van der Waals surface area (Å²) in [6.07, 6.45) is 11.4. The van der Waals surface area contributed by atoms with Crippen molar-refractivity contribution < 1.29 is 48.0 Å². The van der Waals surface area contributed by atoms with Crippen molar-refractivity contribution in [3.63, 3.8) is 0 Å². The van der Waals surface area contributed by atoms with Gasteiger partial charge in [-0.1, -0.05) is 36.4 Å². The van der Waals surface area contributed by atoms with Crippen LogP contribution in [0.5, 0.6) is 0 Å². The lowest BCUT2D eigenvalue weighted by Gasteiger charge is -2.22. The fourth-order valence-corrected chi connectivity index (χ4v) is 6.41. The lowest BCUT2D eigenvalue weighted by atomic mass is 9.99. The van der Waals surface area contributed by atoms with Gasteiger partial charge in [-0.3, -0.25) is 19.2 Å². The summed E-state index contributed by atoms with van der Waals surface area (Å²) in [6.45, 7) is 5.38. The smallest absolute Gasteiger partial charge is 0.334 e. The maximum absolute atomic E-state index is 11.6. The third-order valence-corrected chi connectivity index (χ3v) is 8.91. The van der Waals surface area contributed by atoms with Gasteiger partial charge in [-0.05, 0) is 118 Å². The molecule has 0 fully saturated rings. The molecule has 0 saturated heterocycles. The molecule has 0 bridgehead atoms. The number of hydrogen-bond donors (Lipinski definition) is 1. The van der Waals surface area contributed by atoms with Crippen molar-refractivity contribution in [3.05, 3.63) is 81.6 Å². The molecule has 0 saturated carbocycles. The fraction of sp³-hybridized carbons (Fsp3) is 0.537. The van der Waals surface area contributed by atoms with E-state index >= 15 is 0 Å². The van der Waals surface area contributed by atoms with E-state index in [1.807, 2.05) is 0 Å². The topological polar surface area (TPSA) is 142 Å². The Labute approximate surface area is 301 Å². The van der Waals surface area contributed by atoms with Gasteiger partial charge in [0.25, 0.3) is 0 Å². The van der Waals surface area contributed by atoms with Crippen LogP contribution < -0.4 is 0 Å². The second kappa shape index (κ2) is 21.8. The summed E-state index contributed by atoms with van der Waals surface area (Å²) >= 11 is 0. The predicted molar refractivity (Wildman–Crippen MR) is 192 cm³/mol. The summed E-state index contributed by atoms with van der Waals surface area (Å²) in [5, 5.41) is 9.94. The first-order valence-corrected chi connectivity index (χ1v) is 18.2. The van der Waals surface area contributed by atoms with Crippen LogP contribution in [0.4, 0.5) is 0 Å². The highest BCUT2D eigenvalue weighted by Gasteiger charge is 2.22. The van der Waals surface area contributed by atoms with Gasteiger partial charge in [-0.2, -0.15) is 0 Å². The molecule has 1 heterocycles. The molecule has 2 aromatic rings. The summed E-state index contributed by atoms with van der Waals surface area (Å²) in [6, 6.07) is 13.3. The Morgan fingerprint density at radius 1 is 0.824 bits per heavy atom. The minimum atomic E-state index is -0.699. The van der Waals surface area contributed by atoms with Crippen molar-refractivity contribution in [2.24, 2.45) is 0 Å². The molecule has 0 spiro atoms. The van der Waals surface area contributed by atoms with Gasteiger partial charge in [-0.25, -0.2) is 4.79 Å². The number of aliphatic hydroxyl groups is 1. The number of carbonyl (C=O) groups excluding carboxylic acids is 5. The molecule has 1 N–H and O–H groups in total. The summed E-state index contributed by atoms with van der Waals surface area (Å²) < 4.78 is 19.7. The van der Waals surface area contributed by atoms with Gasteiger partial charge >= 0.3 is 17.9 Å². The van der Waals surface area contributed by atoms with E-state index in [-0.39, 0.29) is 49.5 Å². The molecule has 10 heteroatoms. The van der Waals surface area contributed by atoms with Crippen molar-refractivity contribution in [1.29, 1.82) is 0 Å². The molecular weight excluding hydrogens is 652 g/mol. The summed E-state index contributed by atoms with van der Waals surface area (Å²) in [5.74, 6) is -0.941. The largest absolute Gasteiger partial charge is 0.501 e. The number of benzene rings is 2. The number of ketones is 2. The van der Waals surface area contributed by atoms with Crippen LogP contribution in [0.1, 0.15) is 106 Å². The number of fused-ring (bicyclic) bond motifs is 2. The van der Waals surface area contributed by atoms with Gasteiger partial charge in [-0.15, -0.1) is 0 Å². The third kappa shape index (κ3) is 15.2. The van der Waals surface area contributed by atoms with Crippen LogP contribution in [0, 0.1) is 0 Å². The Morgan fingerprint density at radius 3 is 1.92 bits per heavy atom. The summed E-state index contributed by atoms with van der Waals surface area (Å²) in [5.41, 5.74) is 8.41.